The van der Waals surface area contributed by atoms with Crippen LogP contribution in [-0.4, -0.2) is 23.2 Å². The molecule has 0 fully saturated rings. The predicted molar refractivity (Wildman–Crippen MR) is 54.1 cm³/mol. The van der Waals surface area contributed by atoms with E-state index in [1.165, 1.54) is 0 Å². The van der Waals surface area contributed by atoms with Crippen LogP contribution in [0.2, 0.25) is 0 Å². The molecule has 1 heterocycles. The maximum absolute atomic E-state index is 9.74. The molecule has 2 atom stereocenters. The number of pyridine rings is 1. The van der Waals surface area contributed by atoms with Gasteiger partial charge in [-0.3, -0.25) is 0 Å². The third kappa shape index (κ3) is 2.21. The van der Waals surface area contributed by atoms with Crippen LogP contribution in [0, 0.1) is 6.92 Å². The number of rotatable bonds is 3. The Balaban J connectivity index is 2.99. The highest BCUT2D eigenvalue weighted by molar-refractivity contribution is 5.30. The number of ether oxygens (including phenoxy) is 1. The summed E-state index contributed by atoms with van der Waals surface area (Å²) in [7, 11) is 1.56. The standard InChI is InChI=1S/C10H16N2O2/c1-6-4-9(14-3)12-5-8(6)10(13)7(2)11/h4-5,7,10,13H,11H2,1-3H3/t7-,10+/m1/s1. The van der Waals surface area contributed by atoms with Crippen molar-refractivity contribution in [3.8, 4) is 5.88 Å². The van der Waals surface area contributed by atoms with Gasteiger partial charge in [-0.05, 0) is 19.4 Å². The molecule has 78 valence electrons. The smallest absolute Gasteiger partial charge is 0.213 e. The topological polar surface area (TPSA) is 68.4 Å². The van der Waals surface area contributed by atoms with Crippen molar-refractivity contribution in [3.05, 3.63) is 23.4 Å². The Morgan fingerprint density at radius 2 is 2.21 bits per heavy atom. The number of hydrogen-bond donors (Lipinski definition) is 2. The van der Waals surface area contributed by atoms with Crippen LogP contribution in [0.3, 0.4) is 0 Å². The van der Waals surface area contributed by atoms with Crippen molar-refractivity contribution < 1.29 is 9.84 Å². The lowest BCUT2D eigenvalue weighted by atomic mass is 10.0. The van der Waals surface area contributed by atoms with Crippen LogP contribution >= 0.6 is 0 Å². The van der Waals surface area contributed by atoms with Crippen molar-refractivity contribution in [2.45, 2.75) is 26.0 Å². The average Bonchev–Trinajstić information content (AvgIpc) is 2.16. The molecule has 0 aliphatic carbocycles. The molecule has 0 unspecified atom stereocenters. The van der Waals surface area contributed by atoms with E-state index in [-0.39, 0.29) is 6.04 Å². The zero-order chi connectivity index (χ0) is 10.7. The van der Waals surface area contributed by atoms with E-state index in [9.17, 15) is 5.11 Å². The molecule has 0 bridgehead atoms. The van der Waals surface area contributed by atoms with E-state index in [2.05, 4.69) is 4.98 Å². The normalized spacial score (nSPS) is 14.9. The summed E-state index contributed by atoms with van der Waals surface area (Å²) in [4.78, 5) is 4.02. The fraction of sp³-hybridized carbons (Fsp3) is 0.500. The molecule has 3 N–H and O–H groups in total. The van der Waals surface area contributed by atoms with E-state index in [0.29, 0.717) is 5.88 Å². The molecule has 0 radical (unpaired) electrons. The number of hydrogen-bond acceptors (Lipinski definition) is 4. The van der Waals surface area contributed by atoms with Crippen molar-refractivity contribution in [1.29, 1.82) is 0 Å². The van der Waals surface area contributed by atoms with E-state index in [1.807, 2.05) is 6.92 Å². The van der Waals surface area contributed by atoms with Gasteiger partial charge in [-0.15, -0.1) is 0 Å². The summed E-state index contributed by atoms with van der Waals surface area (Å²) in [6.45, 7) is 3.65. The van der Waals surface area contributed by atoms with Gasteiger partial charge in [0.25, 0.3) is 0 Å². The third-order valence-electron chi connectivity index (χ3n) is 2.15. The monoisotopic (exact) mass is 196 g/mol. The summed E-state index contributed by atoms with van der Waals surface area (Å²) < 4.78 is 4.97. The largest absolute Gasteiger partial charge is 0.481 e. The third-order valence-corrected chi connectivity index (χ3v) is 2.15. The van der Waals surface area contributed by atoms with Crippen LogP contribution in [0.4, 0.5) is 0 Å². The van der Waals surface area contributed by atoms with E-state index >= 15 is 0 Å². The molecular weight excluding hydrogens is 180 g/mol. The number of nitrogens with zero attached hydrogens (tertiary/aromatic N) is 1. The number of aliphatic hydroxyl groups is 1. The van der Waals surface area contributed by atoms with Gasteiger partial charge in [-0.2, -0.15) is 0 Å². The lowest BCUT2D eigenvalue weighted by Gasteiger charge is -2.16. The molecule has 1 aromatic rings. The quantitative estimate of drug-likeness (QED) is 0.749. The van der Waals surface area contributed by atoms with Crippen molar-refractivity contribution >= 4 is 0 Å². The van der Waals surface area contributed by atoms with Gasteiger partial charge in [0, 0.05) is 23.9 Å². The fourth-order valence-electron chi connectivity index (χ4n) is 1.25. The van der Waals surface area contributed by atoms with Crippen LogP contribution in [0.15, 0.2) is 12.3 Å². The number of nitrogens with two attached hydrogens (primary N) is 1. The van der Waals surface area contributed by atoms with Gasteiger partial charge in [-0.1, -0.05) is 0 Å². The molecule has 14 heavy (non-hydrogen) atoms. The minimum atomic E-state index is -0.673. The van der Waals surface area contributed by atoms with Gasteiger partial charge in [0.1, 0.15) is 0 Å². The summed E-state index contributed by atoms with van der Waals surface area (Å²) >= 11 is 0. The summed E-state index contributed by atoms with van der Waals surface area (Å²) in [5.41, 5.74) is 7.28. The van der Waals surface area contributed by atoms with Crippen LogP contribution in [-0.2, 0) is 0 Å². The van der Waals surface area contributed by atoms with Crippen LogP contribution in [0.5, 0.6) is 5.88 Å². The van der Waals surface area contributed by atoms with Gasteiger partial charge in [0.2, 0.25) is 5.88 Å². The van der Waals surface area contributed by atoms with E-state index < -0.39 is 6.10 Å². The number of aromatic nitrogens is 1. The highest BCUT2D eigenvalue weighted by Gasteiger charge is 2.15. The minimum Gasteiger partial charge on any atom is -0.481 e. The first kappa shape index (κ1) is 10.9. The number of aliphatic hydroxyl groups excluding tert-OH is 1. The molecule has 0 amide bonds. The summed E-state index contributed by atoms with van der Waals surface area (Å²) in [5.74, 6) is 0.545. The summed E-state index contributed by atoms with van der Waals surface area (Å²) in [6, 6.07) is 1.48. The highest BCUT2D eigenvalue weighted by atomic mass is 16.5. The van der Waals surface area contributed by atoms with Crippen molar-refractivity contribution in [2.24, 2.45) is 5.73 Å². The Morgan fingerprint density at radius 3 is 2.64 bits per heavy atom. The van der Waals surface area contributed by atoms with Crippen molar-refractivity contribution in [3.63, 3.8) is 0 Å². The van der Waals surface area contributed by atoms with Crippen LogP contribution < -0.4 is 10.5 Å². The molecule has 1 rings (SSSR count). The zero-order valence-corrected chi connectivity index (χ0v) is 8.69. The fourth-order valence-corrected chi connectivity index (χ4v) is 1.25. The lowest BCUT2D eigenvalue weighted by Crippen LogP contribution is -2.25. The first-order valence-corrected chi connectivity index (χ1v) is 4.50. The van der Waals surface area contributed by atoms with E-state index in [4.69, 9.17) is 10.5 Å². The van der Waals surface area contributed by atoms with Crippen molar-refractivity contribution in [2.75, 3.05) is 7.11 Å². The van der Waals surface area contributed by atoms with Crippen molar-refractivity contribution in [1.82, 2.24) is 4.98 Å². The molecule has 0 saturated carbocycles. The molecule has 1 aromatic heterocycles. The van der Waals surface area contributed by atoms with E-state index in [1.54, 1.807) is 26.3 Å². The second-order valence-corrected chi connectivity index (χ2v) is 3.39. The SMILES string of the molecule is COc1cc(C)c([C@@H](O)[C@@H](C)N)cn1. The first-order chi connectivity index (χ1) is 6.56. The molecule has 0 spiro atoms. The lowest BCUT2D eigenvalue weighted by molar-refractivity contribution is 0.152. The Hall–Kier alpha value is -1.13. The van der Waals surface area contributed by atoms with Crippen LogP contribution in [0.25, 0.3) is 0 Å². The van der Waals surface area contributed by atoms with Gasteiger partial charge >= 0.3 is 0 Å². The predicted octanol–water partition coefficient (Wildman–Crippen LogP) is 0.779. The Labute approximate surface area is 83.7 Å². The van der Waals surface area contributed by atoms with Gasteiger partial charge in [0.05, 0.1) is 13.2 Å². The molecule has 4 heteroatoms. The average molecular weight is 196 g/mol. The minimum absolute atomic E-state index is 0.302. The second-order valence-electron chi connectivity index (χ2n) is 3.39. The van der Waals surface area contributed by atoms with E-state index in [0.717, 1.165) is 11.1 Å². The Kier molecular flexibility index (Phi) is 3.43. The van der Waals surface area contributed by atoms with Gasteiger partial charge < -0.3 is 15.6 Å². The first-order valence-electron chi connectivity index (χ1n) is 4.50. The molecule has 0 aromatic carbocycles. The molecular formula is C10H16N2O2. The maximum atomic E-state index is 9.74. The summed E-state index contributed by atoms with van der Waals surface area (Å²) in [6.07, 6.45) is 0.927. The zero-order valence-electron chi connectivity index (χ0n) is 8.69. The second kappa shape index (κ2) is 4.39. The molecule has 0 aliphatic heterocycles. The Morgan fingerprint density at radius 1 is 1.57 bits per heavy atom. The highest BCUT2D eigenvalue weighted by Crippen LogP contribution is 2.21. The number of aryl methyl sites for hydroxylation is 1. The van der Waals surface area contributed by atoms with Crippen LogP contribution in [0.1, 0.15) is 24.2 Å². The molecule has 0 saturated heterocycles. The van der Waals surface area contributed by atoms with Gasteiger partial charge in [-0.25, -0.2) is 4.98 Å². The summed E-state index contributed by atoms with van der Waals surface area (Å²) in [5, 5.41) is 9.74. The molecule has 0 aliphatic rings. The van der Waals surface area contributed by atoms with Gasteiger partial charge in [0.15, 0.2) is 0 Å². The number of methoxy groups -OCH3 is 1. The Bertz CT molecular complexity index is 313. The maximum Gasteiger partial charge on any atom is 0.213 e. The molecule has 4 nitrogen and oxygen atoms in total.